The van der Waals surface area contributed by atoms with Crippen molar-refractivity contribution >= 4 is 26.4 Å². The Morgan fingerprint density at radius 2 is 1.78 bits per heavy atom. The lowest BCUT2D eigenvalue weighted by molar-refractivity contribution is 0.101. The van der Waals surface area contributed by atoms with E-state index in [1.807, 2.05) is 30.3 Å². The standard InChI is InChI=1S/C14H14O3S/c1-10(15)14-12(9-18(2,16)17)8-7-11-5-3-4-6-13(11)14/h3-8H,9H2,1-2H3. The summed E-state index contributed by atoms with van der Waals surface area (Å²) >= 11 is 0. The number of sulfone groups is 1. The fraction of sp³-hybridized carbons (Fsp3) is 0.214. The van der Waals surface area contributed by atoms with Crippen molar-refractivity contribution in [3.8, 4) is 0 Å². The molecule has 0 aromatic heterocycles. The molecule has 0 aliphatic rings. The molecule has 0 fully saturated rings. The molecule has 2 aromatic carbocycles. The molecule has 0 spiro atoms. The Balaban J connectivity index is 2.75. The summed E-state index contributed by atoms with van der Waals surface area (Å²) in [6.07, 6.45) is 1.17. The van der Waals surface area contributed by atoms with Crippen molar-refractivity contribution in [3.05, 3.63) is 47.5 Å². The van der Waals surface area contributed by atoms with Crippen LogP contribution in [0, 0.1) is 0 Å². The summed E-state index contributed by atoms with van der Waals surface area (Å²) in [5.74, 6) is -0.210. The molecule has 0 saturated heterocycles. The quantitative estimate of drug-likeness (QED) is 0.799. The first kappa shape index (κ1) is 12.8. The number of rotatable bonds is 3. The third-order valence-corrected chi connectivity index (χ3v) is 3.62. The van der Waals surface area contributed by atoms with E-state index >= 15 is 0 Å². The first-order chi connectivity index (χ1) is 8.38. The molecule has 0 N–H and O–H groups in total. The van der Waals surface area contributed by atoms with Crippen LogP contribution < -0.4 is 0 Å². The summed E-state index contributed by atoms with van der Waals surface area (Å²) in [6, 6.07) is 11.1. The van der Waals surface area contributed by atoms with Crippen LogP contribution in [-0.2, 0) is 15.6 Å². The maximum absolute atomic E-state index is 11.8. The zero-order valence-electron chi connectivity index (χ0n) is 10.3. The lowest BCUT2D eigenvalue weighted by Crippen LogP contribution is -2.07. The number of carbonyl (C=O) groups is 1. The predicted octanol–water partition coefficient (Wildman–Crippen LogP) is 2.59. The first-order valence-electron chi connectivity index (χ1n) is 5.58. The number of ketones is 1. The smallest absolute Gasteiger partial charge is 0.160 e. The van der Waals surface area contributed by atoms with Crippen LogP contribution in [0.15, 0.2) is 36.4 Å². The van der Waals surface area contributed by atoms with Crippen molar-refractivity contribution in [2.24, 2.45) is 0 Å². The van der Waals surface area contributed by atoms with Crippen LogP contribution >= 0.6 is 0 Å². The van der Waals surface area contributed by atoms with Gasteiger partial charge < -0.3 is 0 Å². The van der Waals surface area contributed by atoms with Crippen LogP contribution in [0.2, 0.25) is 0 Å². The van der Waals surface area contributed by atoms with Gasteiger partial charge in [0.25, 0.3) is 0 Å². The highest BCUT2D eigenvalue weighted by Gasteiger charge is 2.15. The average molecular weight is 262 g/mol. The lowest BCUT2D eigenvalue weighted by Gasteiger charge is -2.09. The van der Waals surface area contributed by atoms with Gasteiger partial charge in [0.2, 0.25) is 0 Å². The van der Waals surface area contributed by atoms with Crippen LogP contribution in [-0.4, -0.2) is 20.5 Å². The minimum Gasteiger partial charge on any atom is -0.294 e. The Kier molecular flexibility index (Phi) is 3.22. The number of benzene rings is 2. The molecule has 18 heavy (non-hydrogen) atoms. The van der Waals surface area contributed by atoms with E-state index < -0.39 is 9.84 Å². The van der Waals surface area contributed by atoms with Crippen molar-refractivity contribution in [1.82, 2.24) is 0 Å². The van der Waals surface area contributed by atoms with Gasteiger partial charge in [-0.15, -0.1) is 0 Å². The van der Waals surface area contributed by atoms with Gasteiger partial charge in [0.15, 0.2) is 15.6 Å². The van der Waals surface area contributed by atoms with Gasteiger partial charge in [-0.1, -0.05) is 36.4 Å². The summed E-state index contributed by atoms with van der Waals surface area (Å²) < 4.78 is 22.8. The Bertz CT molecular complexity index is 715. The normalized spacial score (nSPS) is 11.7. The number of carbonyl (C=O) groups excluding carboxylic acids is 1. The lowest BCUT2D eigenvalue weighted by atomic mass is 9.97. The van der Waals surface area contributed by atoms with Crippen LogP contribution in [0.3, 0.4) is 0 Å². The van der Waals surface area contributed by atoms with Crippen LogP contribution in [0.25, 0.3) is 10.8 Å². The summed E-state index contributed by atoms with van der Waals surface area (Å²) in [7, 11) is -3.15. The van der Waals surface area contributed by atoms with Gasteiger partial charge in [0.1, 0.15) is 0 Å². The van der Waals surface area contributed by atoms with E-state index in [2.05, 4.69) is 0 Å². The van der Waals surface area contributed by atoms with E-state index in [-0.39, 0.29) is 11.5 Å². The van der Waals surface area contributed by atoms with E-state index in [0.717, 1.165) is 10.8 Å². The Hall–Kier alpha value is -1.68. The highest BCUT2D eigenvalue weighted by molar-refractivity contribution is 7.89. The molecule has 0 heterocycles. The molecule has 0 saturated carbocycles. The zero-order valence-corrected chi connectivity index (χ0v) is 11.1. The molecule has 3 nitrogen and oxygen atoms in total. The van der Waals surface area contributed by atoms with Gasteiger partial charge in [0.05, 0.1) is 5.75 Å². The molecule has 94 valence electrons. The van der Waals surface area contributed by atoms with Crippen molar-refractivity contribution < 1.29 is 13.2 Å². The average Bonchev–Trinajstić information content (AvgIpc) is 2.26. The molecule has 0 aliphatic heterocycles. The molecule has 4 heteroatoms. The monoisotopic (exact) mass is 262 g/mol. The summed E-state index contributed by atoms with van der Waals surface area (Å²) in [5, 5.41) is 1.76. The van der Waals surface area contributed by atoms with Crippen LogP contribution in [0.1, 0.15) is 22.8 Å². The molecule has 0 amide bonds. The van der Waals surface area contributed by atoms with Gasteiger partial charge in [0, 0.05) is 11.8 Å². The number of hydrogen-bond acceptors (Lipinski definition) is 3. The Morgan fingerprint density at radius 3 is 2.39 bits per heavy atom. The van der Waals surface area contributed by atoms with E-state index in [1.54, 1.807) is 6.07 Å². The van der Waals surface area contributed by atoms with Gasteiger partial charge in [-0.25, -0.2) is 8.42 Å². The highest BCUT2D eigenvalue weighted by atomic mass is 32.2. The van der Waals surface area contributed by atoms with Crippen LogP contribution in [0.4, 0.5) is 0 Å². The largest absolute Gasteiger partial charge is 0.294 e. The molecule has 0 atom stereocenters. The van der Waals surface area contributed by atoms with Gasteiger partial charge in [-0.2, -0.15) is 0 Å². The molecule has 0 radical (unpaired) electrons. The van der Waals surface area contributed by atoms with Crippen molar-refractivity contribution in [2.45, 2.75) is 12.7 Å². The molecule has 0 unspecified atom stereocenters. The number of Topliss-reactive ketones (excluding diaryl/α,β-unsaturated/α-hetero) is 1. The fourth-order valence-corrected chi connectivity index (χ4v) is 2.94. The third kappa shape index (κ3) is 2.59. The second-order valence-corrected chi connectivity index (χ2v) is 6.59. The Labute approximate surface area is 106 Å². The van der Waals surface area contributed by atoms with E-state index in [4.69, 9.17) is 0 Å². The van der Waals surface area contributed by atoms with Crippen molar-refractivity contribution in [2.75, 3.05) is 6.26 Å². The van der Waals surface area contributed by atoms with Gasteiger partial charge >= 0.3 is 0 Å². The highest BCUT2D eigenvalue weighted by Crippen LogP contribution is 2.24. The topological polar surface area (TPSA) is 51.2 Å². The molecule has 0 aliphatic carbocycles. The van der Waals surface area contributed by atoms with Crippen molar-refractivity contribution in [3.63, 3.8) is 0 Å². The van der Waals surface area contributed by atoms with Gasteiger partial charge in [-0.05, 0) is 23.3 Å². The van der Waals surface area contributed by atoms with E-state index in [0.29, 0.717) is 11.1 Å². The number of fused-ring (bicyclic) bond motifs is 1. The first-order valence-corrected chi connectivity index (χ1v) is 7.64. The second kappa shape index (κ2) is 4.53. The number of hydrogen-bond donors (Lipinski definition) is 0. The Morgan fingerprint density at radius 1 is 1.11 bits per heavy atom. The molecule has 0 bridgehead atoms. The minimum absolute atomic E-state index is 0.104. The molecule has 2 rings (SSSR count). The fourth-order valence-electron chi connectivity index (χ4n) is 2.14. The summed E-state index contributed by atoms with van der Waals surface area (Å²) in [6.45, 7) is 1.47. The van der Waals surface area contributed by atoms with Crippen LogP contribution in [0.5, 0.6) is 0 Å². The second-order valence-electron chi connectivity index (χ2n) is 4.45. The molecular formula is C14H14O3S. The molecule has 2 aromatic rings. The maximum Gasteiger partial charge on any atom is 0.160 e. The van der Waals surface area contributed by atoms with Crippen molar-refractivity contribution in [1.29, 1.82) is 0 Å². The predicted molar refractivity (Wildman–Crippen MR) is 72.5 cm³/mol. The molecular weight excluding hydrogens is 248 g/mol. The van der Waals surface area contributed by atoms with E-state index in [1.165, 1.54) is 13.2 Å². The summed E-state index contributed by atoms with van der Waals surface area (Å²) in [5.41, 5.74) is 1.09. The minimum atomic E-state index is -3.15. The van der Waals surface area contributed by atoms with Gasteiger partial charge in [-0.3, -0.25) is 4.79 Å². The maximum atomic E-state index is 11.8. The third-order valence-electron chi connectivity index (χ3n) is 2.79. The van der Waals surface area contributed by atoms with E-state index in [9.17, 15) is 13.2 Å². The SMILES string of the molecule is CC(=O)c1c(CS(C)(=O)=O)ccc2ccccc12. The zero-order chi connectivity index (χ0) is 13.3. The summed E-state index contributed by atoms with van der Waals surface area (Å²) in [4.78, 5) is 11.8.